The van der Waals surface area contributed by atoms with Gasteiger partial charge in [-0.25, -0.2) is 0 Å². The Balaban J connectivity index is 1.91. The van der Waals surface area contributed by atoms with E-state index in [0.29, 0.717) is 10.8 Å². The minimum Gasteiger partial charge on any atom is -0.0622 e. The Morgan fingerprint density at radius 2 is 1.22 bits per heavy atom. The molecule has 0 radical (unpaired) electrons. The average molecular weight is 242 g/mol. The summed E-state index contributed by atoms with van der Waals surface area (Å²) in [5, 5.41) is 0. The molecule has 3 aliphatic carbocycles. The number of benzene rings is 1. The Morgan fingerprint density at radius 3 is 1.72 bits per heavy atom. The van der Waals surface area contributed by atoms with Crippen molar-refractivity contribution in [1.82, 2.24) is 0 Å². The largest absolute Gasteiger partial charge is 0.0622 e. The lowest BCUT2D eigenvalue weighted by Crippen LogP contribution is -2.33. The van der Waals surface area contributed by atoms with E-state index in [4.69, 9.17) is 0 Å². The summed E-state index contributed by atoms with van der Waals surface area (Å²) in [6.07, 6.45) is 13.0. The number of fused-ring (bicyclic) bond motifs is 6. The lowest BCUT2D eigenvalue weighted by molar-refractivity contribution is 0.137. The Kier molecular flexibility index (Phi) is 3.21. The highest BCUT2D eigenvalue weighted by atomic mass is 14.4. The number of hydrogen-bond donors (Lipinski definition) is 0. The van der Waals surface area contributed by atoms with Gasteiger partial charge in [-0.1, -0.05) is 56.5 Å². The van der Waals surface area contributed by atoms with Crippen LogP contribution in [0.25, 0.3) is 0 Å². The highest BCUT2D eigenvalue weighted by Crippen LogP contribution is 2.50. The molecule has 0 heteroatoms. The van der Waals surface area contributed by atoms with Crippen molar-refractivity contribution in [2.45, 2.75) is 70.1 Å². The van der Waals surface area contributed by atoms with Gasteiger partial charge in [0.05, 0.1) is 0 Å². The zero-order valence-corrected chi connectivity index (χ0v) is 11.8. The molecule has 0 spiro atoms. The second-order valence-corrected chi connectivity index (χ2v) is 7.02. The molecule has 0 atom stereocenters. The van der Waals surface area contributed by atoms with Gasteiger partial charge in [-0.2, -0.15) is 0 Å². The summed E-state index contributed by atoms with van der Waals surface area (Å²) in [6, 6.07) is 11.4. The molecular formula is C18H26. The molecule has 0 N–H and O–H groups in total. The molecule has 0 nitrogen and oxygen atoms in total. The fourth-order valence-electron chi connectivity index (χ4n) is 4.54. The first-order chi connectivity index (χ1) is 8.73. The van der Waals surface area contributed by atoms with Crippen LogP contribution in [0.15, 0.2) is 30.3 Å². The summed E-state index contributed by atoms with van der Waals surface area (Å²) < 4.78 is 0. The van der Waals surface area contributed by atoms with Gasteiger partial charge in [0.1, 0.15) is 0 Å². The lowest BCUT2D eigenvalue weighted by Gasteiger charge is -2.44. The standard InChI is InChI=1S/C18H26/c1-17-10-5-13-18(14-6-11-17,15-7-12-17)16-8-3-2-4-9-16/h2-4,8-9H,5-7,10-15H2,1H3. The average Bonchev–Trinajstić information content (AvgIpc) is 2.33. The van der Waals surface area contributed by atoms with E-state index in [2.05, 4.69) is 37.3 Å². The fourth-order valence-corrected chi connectivity index (χ4v) is 4.54. The van der Waals surface area contributed by atoms with E-state index < -0.39 is 0 Å². The first-order valence-electron chi connectivity index (χ1n) is 7.78. The Morgan fingerprint density at radius 1 is 0.722 bits per heavy atom. The van der Waals surface area contributed by atoms with Crippen LogP contribution in [-0.4, -0.2) is 0 Å². The maximum absolute atomic E-state index is 2.54. The van der Waals surface area contributed by atoms with Gasteiger partial charge in [0.25, 0.3) is 0 Å². The van der Waals surface area contributed by atoms with Crippen LogP contribution in [0.5, 0.6) is 0 Å². The van der Waals surface area contributed by atoms with E-state index in [9.17, 15) is 0 Å². The molecule has 0 aliphatic heterocycles. The third kappa shape index (κ3) is 2.22. The van der Waals surface area contributed by atoms with Crippen LogP contribution < -0.4 is 0 Å². The minimum atomic E-state index is 0.517. The molecule has 2 bridgehead atoms. The molecule has 98 valence electrons. The molecule has 3 fully saturated rings. The molecule has 3 aliphatic rings. The normalized spacial score (nSPS) is 36.7. The van der Waals surface area contributed by atoms with Gasteiger partial charge in [-0.15, -0.1) is 0 Å². The summed E-state index contributed by atoms with van der Waals surface area (Å²) in [6.45, 7) is 2.54. The van der Waals surface area contributed by atoms with Crippen molar-refractivity contribution in [2.24, 2.45) is 5.41 Å². The molecule has 0 unspecified atom stereocenters. The molecular weight excluding hydrogens is 216 g/mol. The topological polar surface area (TPSA) is 0 Å². The van der Waals surface area contributed by atoms with Crippen molar-refractivity contribution in [2.75, 3.05) is 0 Å². The maximum atomic E-state index is 2.54. The summed E-state index contributed by atoms with van der Waals surface area (Å²) in [5.41, 5.74) is 2.81. The first-order valence-corrected chi connectivity index (χ1v) is 7.78. The molecule has 18 heavy (non-hydrogen) atoms. The third-order valence-electron chi connectivity index (χ3n) is 5.69. The molecule has 1 aromatic carbocycles. The molecule has 0 saturated heterocycles. The predicted octanol–water partition coefficient (Wildman–Crippen LogP) is 5.47. The zero-order valence-electron chi connectivity index (χ0n) is 11.8. The van der Waals surface area contributed by atoms with Crippen LogP contribution >= 0.6 is 0 Å². The van der Waals surface area contributed by atoms with Crippen LogP contribution in [0.4, 0.5) is 0 Å². The van der Waals surface area contributed by atoms with Gasteiger partial charge >= 0.3 is 0 Å². The summed E-state index contributed by atoms with van der Waals surface area (Å²) >= 11 is 0. The van der Waals surface area contributed by atoms with Gasteiger partial charge in [-0.3, -0.25) is 0 Å². The quantitative estimate of drug-likeness (QED) is 0.612. The van der Waals surface area contributed by atoms with Crippen molar-refractivity contribution < 1.29 is 0 Å². The van der Waals surface area contributed by atoms with Crippen molar-refractivity contribution in [3.63, 3.8) is 0 Å². The smallest absolute Gasteiger partial charge is 0.00470 e. The van der Waals surface area contributed by atoms with Crippen molar-refractivity contribution in [1.29, 1.82) is 0 Å². The molecule has 3 saturated carbocycles. The van der Waals surface area contributed by atoms with E-state index >= 15 is 0 Å². The number of rotatable bonds is 1. The summed E-state index contributed by atoms with van der Waals surface area (Å²) in [7, 11) is 0. The molecule has 0 aromatic heterocycles. The van der Waals surface area contributed by atoms with Crippen molar-refractivity contribution >= 4 is 0 Å². The van der Waals surface area contributed by atoms with Gasteiger partial charge < -0.3 is 0 Å². The Bertz CT molecular complexity index is 360. The fraction of sp³-hybridized carbons (Fsp3) is 0.667. The Hall–Kier alpha value is -0.780. The molecule has 1 aromatic rings. The van der Waals surface area contributed by atoms with Crippen LogP contribution in [0.3, 0.4) is 0 Å². The maximum Gasteiger partial charge on any atom is -0.00470 e. The van der Waals surface area contributed by atoms with E-state index in [0.717, 1.165) is 0 Å². The highest BCUT2D eigenvalue weighted by molar-refractivity contribution is 5.26. The van der Waals surface area contributed by atoms with Crippen LogP contribution in [-0.2, 0) is 5.41 Å². The van der Waals surface area contributed by atoms with Crippen LogP contribution in [0.2, 0.25) is 0 Å². The van der Waals surface area contributed by atoms with Gasteiger partial charge in [0, 0.05) is 0 Å². The van der Waals surface area contributed by atoms with Crippen LogP contribution in [0, 0.1) is 5.41 Å². The molecule has 0 amide bonds. The second-order valence-electron chi connectivity index (χ2n) is 7.02. The van der Waals surface area contributed by atoms with Gasteiger partial charge in [0.15, 0.2) is 0 Å². The van der Waals surface area contributed by atoms with Gasteiger partial charge in [-0.05, 0) is 54.9 Å². The van der Waals surface area contributed by atoms with E-state index in [1.807, 2.05) is 0 Å². The third-order valence-corrected chi connectivity index (χ3v) is 5.69. The predicted molar refractivity (Wildman–Crippen MR) is 77.8 cm³/mol. The SMILES string of the molecule is CC12CCCC(c3ccccc3)(CCC1)CCC2. The monoisotopic (exact) mass is 242 g/mol. The van der Waals surface area contributed by atoms with Crippen molar-refractivity contribution in [3.05, 3.63) is 35.9 Å². The minimum absolute atomic E-state index is 0.517. The summed E-state index contributed by atoms with van der Waals surface area (Å²) in [5.74, 6) is 0. The van der Waals surface area contributed by atoms with E-state index in [1.165, 1.54) is 57.8 Å². The van der Waals surface area contributed by atoms with Gasteiger partial charge in [0.2, 0.25) is 0 Å². The summed E-state index contributed by atoms with van der Waals surface area (Å²) in [4.78, 5) is 0. The van der Waals surface area contributed by atoms with E-state index in [-0.39, 0.29) is 0 Å². The second kappa shape index (κ2) is 4.72. The first kappa shape index (κ1) is 12.3. The van der Waals surface area contributed by atoms with E-state index in [1.54, 1.807) is 5.56 Å². The highest BCUT2D eigenvalue weighted by Gasteiger charge is 2.38. The molecule has 4 rings (SSSR count). The zero-order chi connectivity index (χ0) is 12.5. The Labute approximate surface area is 112 Å². The number of hydrogen-bond acceptors (Lipinski definition) is 0. The van der Waals surface area contributed by atoms with Crippen molar-refractivity contribution in [3.8, 4) is 0 Å². The van der Waals surface area contributed by atoms with Crippen LogP contribution in [0.1, 0.15) is 70.3 Å². The molecule has 0 heterocycles. The lowest BCUT2D eigenvalue weighted by atomic mass is 9.61.